The van der Waals surface area contributed by atoms with Crippen LogP contribution in [0.4, 0.5) is 11.5 Å². The molecule has 1 aromatic heterocycles. The second-order valence-corrected chi connectivity index (χ2v) is 4.97. The predicted octanol–water partition coefficient (Wildman–Crippen LogP) is 2.80. The van der Waals surface area contributed by atoms with Crippen molar-refractivity contribution in [2.24, 2.45) is 0 Å². The minimum Gasteiger partial charge on any atom is -0.326 e. The summed E-state index contributed by atoms with van der Waals surface area (Å²) < 4.78 is 0. The number of fused-ring (bicyclic) bond motifs is 1. The summed E-state index contributed by atoms with van der Waals surface area (Å²) in [4.78, 5) is 7.07. The van der Waals surface area contributed by atoms with E-state index >= 15 is 0 Å². The lowest BCUT2D eigenvalue weighted by atomic mass is 10.2. The molecule has 0 saturated heterocycles. The highest BCUT2D eigenvalue weighted by Gasteiger charge is 2.20. The van der Waals surface area contributed by atoms with Gasteiger partial charge in [-0.05, 0) is 43.7 Å². The van der Waals surface area contributed by atoms with Crippen molar-refractivity contribution < 1.29 is 0 Å². The molecule has 3 nitrogen and oxygen atoms in total. The van der Waals surface area contributed by atoms with Crippen LogP contribution in [0.3, 0.4) is 0 Å². The zero-order valence-electron chi connectivity index (χ0n) is 11.5. The molecule has 19 heavy (non-hydrogen) atoms. The Kier molecular flexibility index (Phi) is 3.22. The number of anilines is 2. The molecular formula is C16H19N3. The first-order chi connectivity index (χ1) is 9.29. The molecule has 1 aliphatic rings. The molecule has 0 saturated carbocycles. The van der Waals surface area contributed by atoms with Crippen molar-refractivity contribution >= 4 is 11.5 Å². The number of aryl methyl sites for hydroxylation is 1. The molecule has 0 spiro atoms. The fourth-order valence-corrected chi connectivity index (χ4v) is 2.68. The number of benzene rings is 1. The summed E-state index contributed by atoms with van der Waals surface area (Å²) in [5.74, 6) is 1.06. The van der Waals surface area contributed by atoms with Gasteiger partial charge in [0.15, 0.2) is 0 Å². The number of nitrogens with zero attached hydrogens (tertiary/aromatic N) is 2. The Morgan fingerprint density at radius 2 is 2.05 bits per heavy atom. The van der Waals surface area contributed by atoms with Gasteiger partial charge in [-0.1, -0.05) is 24.3 Å². The van der Waals surface area contributed by atoms with Gasteiger partial charge in [-0.25, -0.2) is 4.98 Å². The maximum absolute atomic E-state index is 4.76. The minimum atomic E-state index is 0.871. The Labute approximate surface area is 114 Å². The Bertz CT molecular complexity index is 592. The lowest BCUT2D eigenvalue weighted by Crippen LogP contribution is -2.16. The summed E-state index contributed by atoms with van der Waals surface area (Å²) in [7, 11) is 1.96. The average Bonchev–Trinajstić information content (AvgIpc) is 2.85. The van der Waals surface area contributed by atoms with Crippen LogP contribution in [0.25, 0.3) is 0 Å². The first-order valence-electron chi connectivity index (χ1n) is 6.76. The highest BCUT2D eigenvalue weighted by molar-refractivity contribution is 5.67. The van der Waals surface area contributed by atoms with Crippen LogP contribution >= 0.6 is 0 Å². The molecule has 1 aromatic carbocycles. The minimum absolute atomic E-state index is 0.871. The van der Waals surface area contributed by atoms with Crippen LogP contribution in [0.15, 0.2) is 36.4 Å². The van der Waals surface area contributed by atoms with Crippen molar-refractivity contribution in [2.75, 3.05) is 18.5 Å². The molecule has 98 valence electrons. The first-order valence-corrected chi connectivity index (χ1v) is 6.76. The molecule has 0 aliphatic carbocycles. The first kappa shape index (κ1) is 12.2. The number of rotatable bonds is 3. The van der Waals surface area contributed by atoms with Gasteiger partial charge in [0.1, 0.15) is 5.82 Å². The third-order valence-electron chi connectivity index (χ3n) is 3.71. The second kappa shape index (κ2) is 5.02. The standard InChI is InChI=1S/C16H19N3/c1-12-14(11-17-2)7-8-16(18-12)19-10-9-13-5-3-4-6-15(13)19/h3-8,17H,9-11H2,1-2H3. The molecule has 3 rings (SSSR count). The normalized spacial score (nSPS) is 13.7. The smallest absolute Gasteiger partial charge is 0.133 e. The second-order valence-electron chi connectivity index (χ2n) is 4.97. The summed E-state index contributed by atoms with van der Waals surface area (Å²) in [6.45, 7) is 3.98. The lowest BCUT2D eigenvalue weighted by Gasteiger charge is -2.19. The maximum atomic E-state index is 4.76. The number of nitrogens with one attached hydrogen (secondary N) is 1. The van der Waals surface area contributed by atoms with Crippen molar-refractivity contribution in [2.45, 2.75) is 19.9 Å². The number of hydrogen-bond acceptors (Lipinski definition) is 3. The van der Waals surface area contributed by atoms with E-state index in [1.165, 1.54) is 16.8 Å². The van der Waals surface area contributed by atoms with E-state index in [9.17, 15) is 0 Å². The van der Waals surface area contributed by atoms with Gasteiger partial charge in [-0.2, -0.15) is 0 Å². The van der Waals surface area contributed by atoms with Crippen LogP contribution in [0.5, 0.6) is 0 Å². The van der Waals surface area contributed by atoms with Crippen LogP contribution in [0.1, 0.15) is 16.8 Å². The lowest BCUT2D eigenvalue weighted by molar-refractivity contribution is 0.803. The van der Waals surface area contributed by atoms with E-state index in [0.29, 0.717) is 0 Å². The van der Waals surface area contributed by atoms with E-state index in [1.54, 1.807) is 0 Å². The van der Waals surface area contributed by atoms with E-state index in [1.807, 2.05) is 7.05 Å². The molecule has 0 bridgehead atoms. The van der Waals surface area contributed by atoms with Gasteiger partial charge in [-0.3, -0.25) is 0 Å². The Morgan fingerprint density at radius 3 is 2.84 bits per heavy atom. The highest BCUT2D eigenvalue weighted by Crippen LogP contribution is 2.33. The monoisotopic (exact) mass is 253 g/mol. The van der Waals surface area contributed by atoms with Crippen LogP contribution < -0.4 is 10.2 Å². The molecule has 1 aliphatic heterocycles. The molecule has 0 fully saturated rings. The van der Waals surface area contributed by atoms with Crippen LogP contribution in [-0.2, 0) is 13.0 Å². The topological polar surface area (TPSA) is 28.2 Å². The fraction of sp³-hybridized carbons (Fsp3) is 0.312. The third kappa shape index (κ3) is 2.22. The zero-order chi connectivity index (χ0) is 13.2. The summed E-state index contributed by atoms with van der Waals surface area (Å²) in [6, 6.07) is 12.9. The van der Waals surface area contributed by atoms with Gasteiger partial charge in [0.05, 0.1) is 0 Å². The van der Waals surface area contributed by atoms with Crippen molar-refractivity contribution in [3.63, 3.8) is 0 Å². The molecule has 2 heterocycles. The summed E-state index contributed by atoms with van der Waals surface area (Å²) >= 11 is 0. The zero-order valence-corrected chi connectivity index (χ0v) is 11.5. The number of para-hydroxylation sites is 1. The van der Waals surface area contributed by atoms with Crippen molar-refractivity contribution in [1.82, 2.24) is 10.3 Å². The quantitative estimate of drug-likeness (QED) is 0.911. The number of pyridine rings is 1. The number of hydrogen-bond donors (Lipinski definition) is 1. The molecule has 0 radical (unpaired) electrons. The molecule has 3 heteroatoms. The van der Waals surface area contributed by atoms with Gasteiger partial charge >= 0.3 is 0 Å². The highest BCUT2D eigenvalue weighted by atomic mass is 15.2. The van der Waals surface area contributed by atoms with Crippen molar-refractivity contribution in [3.05, 3.63) is 53.2 Å². The van der Waals surface area contributed by atoms with Crippen molar-refractivity contribution in [1.29, 1.82) is 0 Å². The summed E-state index contributed by atoms with van der Waals surface area (Å²) in [5, 5.41) is 3.18. The van der Waals surface area contributed by atoms with Crippen molar-refractivity contribution in [3.8, 4) is 0 Å². The summed E-state index contributed by atoms with van der Waals surface area (Å²) in [5.41, 5.74) is 5.09. The van der Waals surface area contributed by atoms with Gasteiger partial charge in [0, 0.05) is 24.5 Å². The van der Waals surface area contributed by atoms with Crippen LogP contribution in [0, 0.1) is 6.92 Å². The number of aromatic nitrogens is 1. The Balaban J connectivity index is 1.94. The molecule has 0 amide bonds. The van der Waals surface area contributed by atoms with Gasteiger partial charge in [-0.15, -0.1) is 0 Å². The molecular weight excluding hydrogens is 234 g/mol. The molecule has 0 unspecified atom stereocenters. The summed E-state index contributed by atoms with van der Waals surface area (Å²) in [6.07, 6.45) is 1.11. The van der Waals surface area contributed by atoms with E-state index in [0.717, 1.165) is 31.0 Å². The van der Waals surface area contributed by atoms with Gasteiger partial charge in [0.2, 0.25) is 0 Å². The average molecular weight is 253 g/mol. The van der Waals surface area contributed by atoms with E-state index in [4.69, 9.17) is 4.98 Å². The van der Waals surface area contributed by atoms with E-state index in [-0.39, 0.29) is 0 Å². The Morgan fingerprint density at radius 1 is 1.21 bits per heavy atom. The Hall–Kier alpha value is -1.87. The largest absolute Gasteiger partial charge is 0.326 e. The predicted molar refractivity (Wildman–Crippen MR) is 78.9 cm³/mol. The molecule has 2 aromatic rings. The van der Waals surface area contributed by atoms with E-state index in [2.05, 4.69) is 53.5 Å². The SMILES string of the molecule is CNCc1ccc(N2CCc3ccccc32)nc1C. The molecule has 1 N–H and O–H groups in total. The van der Waals surface area contributed by atoms with Crippen LogP contribution in [0.2, 0.25) is 0 Å². The molecule has 0 atom stereocenters. The van der Waals surface area contributed by atoms with Crippen LogP contribution in [-0.4, -0.2) is 18.6 Å². The van der Waals surface area contributed by atoms with Gasteiger partial charge in [0.25, 0.3) is 0 Å². The fourth-order valence-electron chi connectivity index (χ4n) is 2.68. The third-order valence-corrected chi connectivity index (χ3v) is 3.71. The van der Waals surface area contributed by atoms with E-state index < -0.39 is 0 Å². The maximum Gasteiger partial charge on any atom is 0.133 e. The van der Waals surface area contributed by atoms with Gasteiger partial charge < -0.3 is 10.2 Å².